The molecule has 1 heterocycles. The third kappa shape index (κ3) is 5.96. The normalized spacial score (nSPS) is 16.2. The summed E-state index contributed by atoms with van der Waals surface area (Å²) in [6.07, 6.45) is 1.82. The van der Waals surface area contributed by atoms with Crippen LogP contribution < -0.4 is 9.46 Å². The van der Waals surface area contributed by atoms with Crippen LogP contribution in [0.15, 0.2) is 24.3 Å². The van der Waals surface area contributed by atoms with Gasteiger partial charge < -0.3 is 9.64 Å². The number of amides is 1. The molecule has 1 fully saturated rings. The summed E-state index contributed by atoms with van der Waals surface area (Å²) in [5, 5.41) is 0.556. The first-order valence-electron chi connectivity index (χ1n) is 8.06. The Balaban J connectivity index is 1.76. The molecule has 1 aliphatic rings. The number of nitrogens with one attached hydrogen (secondary N) is 1. The van der Waals surface area contributed by atoms with Crippen molar-refractivity contribution in [3.05, 3.63) is 29.3 Å². The first kappa shape index (κ1) is 19.0. The molecule has 0 spiro atoms. The average Bonchev–Trinajstić information content (AvgIpc) is 2.53. The van der Waals surface area contributed by atoms with E-state index in [1.54, 1.807) is 29.2 Å². The molecule has 0 radical (unpaired) electrons. The van der Waals surface area contributed by atoms with Crippen LogP contribution in [0.2, 0.25) is 5.02 Å². The van der Waals surface area contributed by atoms with Crippen molar-refractivity contribution in [1.82, 2.24) is 9.62 Å². The van der Waals surface area contributed by atoms with E-state index in [1.165, 1.54) is 0 Å². The van der Waals surface area contributed by atoms with Gasteiger partial charge in [0.1, 0.15) is 5.75 Å². The van der Waals surface area contributed by atoms with E-state index in [1.807, 2.05) is 6.92 Å². The van der Waals surface area contributed by atoms with Crippen molar-refractivity contribution in [1.29, 1.82) is 0 Å². The zero-order valence-electron chi connectivity index (χ0n) is 13.7. The molecule has 0 bridgehead atoms. The molecule has 0 unspecified atom stereocenters. The number of rotatable bonds is 7. The molecular formula is C16H23ClN2O4S. The fourth-order valence-electron chi connectivity index (χ4n) is 2.62. The van der Waals surface area contributed by atoms with Gasteiger partial charge in [-0.25, -0.2) is 13.1 Å². The molecule has 1 saturated heterocycles. The lowest BCUT2D eigenvalue weighted by Crippen LogP contribution is -2.48. The quantitative estimate of drug-likeness (QED) is 0.792. The van der Waals surface area contributed by atoms with Crippen LogP contribution >= 0.6 is 11.6 Å². The van der Waals surface area contributed by atoms with Crippen molar-refractivity contribution in [2.24, 2.45) is 0 Å². The van der Waals surface area contributed by atoms with Crippen molar-refractivity contribution < 1.29 is 17.9 Å². The SMILES string of the molecule is CCCS(=O)(=O)NC1CCN(C(=O)COc2cccc(Cl)c2)CC1. The minimum atomic E-state index is -3.21. The maximum absolute atomic E-state index is 12.2. The molecule has 24 heavy (non-hydrogen) atoms. The largest absolute Gasteiger partial charge is 0.484 e. The summed E-state index contributed by atoms with van der Waals surface area (Å²) in [5.41, 5.74) is 0. The molecule has 1 aromatic rings. The van der Waals surface area contributed by atoms with Gasteiger partial charge in [0.2, 0.25) is 10.0 Å². The van der Waals surface area contributed by atoms with E-state index in [0.29, 0.717) is 43.1 Å². The lowest BCUT2D eigenvalue weighted by atomic mass is 10.1. The molecule has 0 saturated carbocycles. The van der Waals surface area contributed by atoms with Gasteiger partial charge in [-0.15, -0.1) is 0 Å². The molecule has 0 atom stereocenters. The van der Waals surface area contributed by atoms with Crippen LogP contribution in [-0.2, 0) is 14.8 Å². The molecular weight excluding hydrogens is 352 g/mol. The van der Waals surface area contributed by atoms with Gasteiger partial charge >= 0.3 is 0 Å². The Morgan fingerprint density at radius 3 is 2.71 bits per heavy atom. The van der Waals surface area contributed by atoms with Crippen LogP contribution in [0.1, 0.15) is 26.2 Å². The van der Waals surface area contributed by atoms with Gasteiger partial charge in [0, 0.05) is 24.2 Å². The molecule has 134 valence electrons. The number of halogens is 1. The number of carbonyl (C=O) groups excluding carboxylic acids is 1. The minimum Gasteiger partial charge on any atom is -0.484 e. The van der Waals surface area contributed by atoms with E-state index in [0.717, 1.165) is 0 Å². The number of nitrogens with zero attached hydrogens (tertiary/aromatic N) is 1. The second-order valence-corrected chi connectivity index (χ2v) is 8.15. The zero-order chi connectivity index (χ0) is 17.6. The van der Waals surface area contributed by atoms with E-state index >= 15 is 0 Å². The van der Waals surface area contributed by atoms with E-state index in [-0.39, 0.29) is 24.3 Å². The Morgan fingerprint density at radius 2 is 2.08 bits per heavy atom. The molecule has 1 aromatic carbocycles. The van der Waals surface area contributed by atoms with Gasteiger partial charge in [-0.3, -0.25) is 4.79 Å². The van der Waals surface area contributed by atoms with E-state index in [2.05, 4.69) is 4.72 Å². The highest BCUT2D eigenvalue weighted by atomic mass is 35.5. The highest BCUT2D eigenvalue weighted by Crippen LogP contribution is 2.17. The average molecular weight is 375 g/mol. The Hall–Kier alpha value is -1.31. The topological polar surface area (TPSA) is 75.7 Å². The predicted molar refractivity (Wildman–Crippen MR) is 93.8 cm³/mol. The first-order valence-corrected chi connectivity index (χ1v) is 10.1. The van der Waals surface area contributed by atoms with Crippen molar-refractivity contribution >= 4 is 27.5 Å². The van der Waals surface area contributed by atoms with Gasteiger partial charge in [0.15, 0.2) is 6.61 Å². The number of hydrogen-bond acceptors (Lipinski definition) is 4. The smallest absolute Gasteiger partial charge is 0.260 e. The summed E-state index contributed by atoms with van der Waals surface area (Å²) in [6, 6.07) is 6.80. The van der Waals surface area contributed by atoms with Crippen LogP contribution in [0.3, 0.4) is 0 Å². The highest BCUT2D eigenvalue weighted by Gasteiger charge is 2.25. The number of likely N-dealkylation sites (tertiary alicyclic amines) is 1. The number of piperidine rings is 1. The standard InChI is InChI=1S/C16H23ClN2O4S/c1-2-10-24(21,22)18-14-6-8-19(9-7-14)16(20)12-23-15-5-3-4-13(17)11-15/h3-5,11,14,18H,2,6-10,12H2,1H3. The van der Waals surface area contributed by atoms with Crippen LogP contribution in [0.5, 0.6) is 5.75 Å². The molecule has 1 N–H and O–H groups in total. The molecule has 0 aliphatic carbocycles. The molecule has 2 rings (SSSR count). The fraction of sp³-hybridized carbons (Fsp3) is 0.562. The molecule has 0 aromatic heterocycles. The van der Waals surface area contributed by atoms with Crippen LogP contribution in [0.25, 0.3) is 0 Å². The predicted octanol–water partition coefficient (Wildman–Crippen LogP) is 2.04. The Kier molecular flexibility index (Phi) is 6.89. The van der Waals surface area contributed by atoms with Crippen molar-refractivity contribution in [3.8, 4) is 5.75 Å². The Labute approximate surface area is 148 Å². The van der Waals surface area contributed by atoms with E-state index in [4.69, 9.17) is 16.3 Å². The third-order valence-electron chi connectivity index (χ3n) is 3.83. The summed E-state index contributed by atoms with van der Waals surface area (Å²) in [5.74, 6) is 0.586. The molecule has 1 aliphatic heterocycles. The van der Waals surface area contributed by atoms with Crippen LogP contribution in [0, 0.1) is 0 Å². The summed E-state index contributed by atoms with van der Waals surface area (Å²) >= 11 is 5.87. The second kappa shape index (κ2) is 8.69. The van der Waals surface area contributed by atoms with E-state index in [9.17, 15) is 13.2 Å². The summed E-state index contributed by atoms with van der Waals surface area (Å²) in [4.78, 5) is 13.9. The van der Waals surface area contributed by atoms with Crippen LogP contribution in [0.4, 0.5) is 0 Å². The van der Waals surface area contributed by atoms with Gasteiger partial charge in [-0.05, 0) is 37.5 Å². The lowest BCUT2D eigenvalue weighted by molar-refractivity contribution is -0.134. The number of hydrogen-bond donors (Lipinski definition) is 1. The van der Waals surface area contributed by atoms with Gasteiger partial charge in [-0.1, -0.05) is 24.6 Å². The van der Waals surface area contributed by atoms with Crippen molar-refractivity contribution in [3.63, 3.8) is 0 Å². The fourth-order valence-corrected chi connectivity index (χ4v) is 4.20. The molecule has 1 amide bonds. The molecule has 6 nitrogen and oxygen atoms in total. The summed E-state index contributed by atoms with van der Waals surface area (Å²) in [6.45, 7) is 2.83. The van der Waals surface area contributed by atoms with Crippen molar-refractivity contribution in [2.75, 3.05) is 25.4 Å². The van der Waals surface area contributed by atoms with Gasteiger partial charge in [0.25, 0.3) is 5.91 Å². The minimum absolute atomic E-state index is 0.0490. The Bertz CT molecular complexity index is 658. The summed E-state index contributed by atoms with van der Waals surface area (Å²) < 4.78 is 31.7. The lowest BCUT2D eigenvalue weighted by Gasteiger charge is -2.32. The second-order valence-electron chi connectivity index (χ2n) is 5.84. The van der Waals surface area contributed by atoms with Gasteiger partial charge in [-0.2, -0.15) is 0 Å². The maximum atomic E-state index is 12.2. The number of carbonyl (C=O) groups is 1. The van der Waals surface area contributed by atoms with E-state index < -0.39 is 10.0 Å². The first-order chi connectivity index (χ1) is 11.4. The van der Waals surface area contributed by atoms with Crippen molar-refractivity contribution in [2.45, 2.75) is 32.2 Å². The van der Waals surface area contributed by atoms with Crippen LogP contribution in [-0.4, -0.2) is 50.7 Å². The monoisotopic (exact) mass is 374 g/mol. The molecule has 8 heteroatoms. The Morgan fingerprint density at radius 1 is 1.38 bits per heavy atom. The number of benzene rings is 1. The number of sulfonamides is 1. The third-order valence-corrected chi connectivity index (χ3v) is 5.70. The van der Waals surface area contributed by atoms with Gasteiger partial charge in [0.05, 0.1) is 5.75 Å². The summed E-state index contributed by atoms with van der Waals surface area (Å²) in [7, 11) is -3.21. The number of ether oxygens (including phenoxy) is 1. The zero-order valence-corrected chi connectivity index (χ0v) is 15.3. The highest BCUT2D eigenvalue weighted by molar-refractivity contribution is 7.89. The maximum Gasteiger partial charge on any atom is 0.260 e.